The van der Waals surface area contributed by atoms with Crippen LogP contribution in [0.25, 0.3) is 0 Å². The van der Waals surface area contributed by atoms with Crippen molar-refractivity contribution in [3.05, 3.63) is 34.4 Å². The molecule has 0 atom stereocenters. The number of amides is 1. The minimum atomic E-state index is -0.832. The van der Waals surface area contributed by atoms with E-state index in [2.05, 4.69) is 0 Å². The fraction of sp³-hybridized carbons (Fsp3) is 0.364. The molecule has 0 unspecified atom stereocenters. The Labute approximate surface area is 103 Å². The molecule has 3 nitrogen and oxygen atoms in total. The molecule has 0 aliphatic carbocycles. The third-order valence-corrected chi connectivity index (χ3v) is 2.57. The van der Waals surface area contributed by atoms with Gasteiger partial charge in [-0.05, 0) is 25.1 Å². The van der Waals surface area contributed by atoms with Gasteiger partial charge in [-0.15, -0.1) is 0 Å². The number of carbonyl (C=O) groups excluding carboxylic acids is 1. The number of carbonyl (C=O) groups is 1. The fourth-order valence-corrected chi connectivity index (χ4v) is 1.47. The van der Waals surface area contributed by atoms with E-state index in [0.717, 1.165) is 12.1 Å². The molecule has 17 heavy (non-hydrogen) atoms. The Hall–Kier alpha value is -1.20. The third kappa shape index (κ3) is 3.38. The van der Waals surface area contributed by atoms with Crippen LogP contribution in [-0.2, 0) is 0 Å². The lowest BCUT2D eigenvalue weighted by atomic mass is 10.1. The first kappa shape index (κ1) is 13.9. The van der Waals surface area contributed by atoms with Crippen LogP contribution in [0.4, 0.5) is 8.78 Å². The van der Waals surface area contributed by atoms with Crippen molar-refractivity contribution in [2.24, 2.45) is 5.73 Å². The molecule has 1 aromatic rings. The molecular weight excluding hydrogens is 250 g/mol. The van der Waals surface area contributed by atoms with Crippen molar-refractivity contribution in [3.63, 3.8) is 0 Å². The Morgan fingerprint density at radius 2 is 2.06 bits per heavy atom. The number of halogens is 3. The zero-order valence-corrected chi connectivity index (χ0v) is 10.1. The van der Waals surface area contributed by atoms with Gasteiger partial charge in [0.25, 0.3) is 5.91 Å². The van der Waals surface area contributed by atoms with Crippen molar-refractivity contribution in [3.8, 4) is 0 Å². The van der Waals surface area contributed by atoms with Gasteiger partial charge in [0.15, 0.2) is 0 Å². The highest BCUT2D eigenvalue weighted by Gasteiger charge is 2.18. The summed E-state index contributed by atoms with van der Waals surface area (Å²) in [6, 6.07) is 1.60. The molecule has 0 bridgehead atoms. The van der Waals surface area contributed by atoms with Crippen LogP contribution >= 0.6 is 11.6 Å². The van der Waals surface area contributed by atoms with E-state index in [1.165, 1.54) is 11.9 Å². The standard InChI is InChI=1S/C11H13ClF2N2O/c1-16(4-2-3-15)11(17)7-5-10(14)8(12)6-9(7)13/h5-6H,2-4,15H2,1H3. The highest BCUT2D eigenvalue weighted by atomic mass is 35.5. The highest BCUT2D eigenvalue weighted by molar-refractivity contribution is 6.30. The quantitative estimate of drug-likeness (QED) is 0.844. The van der Waals surface area contributed by atoms with Crippen LogP contribution in [0.3, 0.4) is 0 Å². The first-order valence-corrected chi connectivity index (χ1v) is 5.45. The summed E-state index contributed by atoms with van der Waals surface area (Å²) >= 11 is 5.40. The second-order valence-electron chi connectivity index (χ2n) is 3.62. The number of hydrogen-bond donors (Lipinski definition) is 1. The summed E-state index contributed by atoms with van der Waals surface area (Å²) < 4.78 is 26.6. The molecule has 1 rings (SSSR count). The fourth-order valence-electron chi connectivity index (χ4n) is 1.32. The average Bonchev–Trinajstić information content (AvgIpc) is 2.29. The molecule has 0 fully saturated rings. The molecular formula is C11H13ClF2N2O. The van der Waals surface area contributed by atoms with Gasteiger partial charge in [-0.25, -0.2) is 8.78 Å². The number of rotatable bonds is 4. The molecule has 94 valence electrons. The Kier molecular flexibility index (Phi) is 4.84. The van der Waals surface area contributed by atoms with Crippen molar-refractivity contribution in [1.29, 1.82) is 0 Å². The van der Waals surface area contributed by atoms with Crippen LogP contribution in [0.1, 0.15) is 16.8 Å². The van der Waals surface area contributed by atoms with Crippen LogP contribution in [-0.4, -0.2) is 30.9 Å². The van der Waals surface area contributed by atoms with Gasteiger partial charge in [0.2, 0.25) is 0 Å². The Bertz CT molecular complexity index is 426. The van der Waals surface area contributed by atoms with Gasteiger partial charge in [0, 0.05) is 13.6 Å². The summed E-state index contributed by atoms with van der Waals surface area (Å²) in [5, 5.41) is -0.344. The minimum absolute atomic E-state index is 0.327. The van der Waals surface area contributed by atoms with Crippen LogP contribution in [0.15, 0.2) is 12.1 Å². The average molecular weight is 263 g/mol. The van der Waals surface area contributed by atoms with Gasteiger partial charge in [0.05, 0.1) is 10.6 Å². The van der Waals surface area contributed by atoms with E-state index in [1.807, 2.05) is 0 Å². The highest BCUT2D eigenvalue weighted by Crippen LogP contribution is 2.20. The molecule has 1 aromatic carbocycles. The molecule has 0 aliphatic rings. The molecule has 0 radical (unpaired) electrons. The predicted octanol–water partition coefficient (Wildman–Crippen LogP) is 2.04. The lowest BCUT2D eigenvalue weighted by molar-refractivity contribution is 0.0789. The molecule has 0 aliphatic heterocycles. The Morgan fingerprint density at radius 3 is 2.65 bits per heavy atom. The van der Waals surface area contributed by atoms with E-state index in [4.69, 9.17) is 17.3 Å². The lowest BCUT2D eigenvalue weighted by Crippen LogP contribution is -2.29. The lowest BCUT2D eigenvalue weighted by Gasteiger charge is -2.17. The molecule has 0 saturated carbocycles. The summed E-state index contributed by atoms with van der Waals surface area (Å²) in [4.78, 5) is 13.1. The number of hydrogen-bond acceptors (Lipinski definition) is 2. The van der Waals surface area contributed by atoms with Crippen LogP contribution in [0.2, 0.25) is 5.02 Å². The minimum Gasteiger partial charge on any atom is -0.342 e. The topological polar surface area (TPSA) is 46.3 Å². The monoisotopic (exact) mass is 262 g/mol. The number of nitrogens with two attached hydrogens (primary N) is 1. The normalized spacial score (nSPS) is 10.4. The first-order chi connectivity index (χ1) is 7.97. The largest absolute Gasteiger partial charge is 0.342 e. The van der Waals surface area contributed by atoms with E-state index >= 15 is 0 Å². The maximum absolute atomic E-state index is 13.4. The van der Waals surface area contributed by atoms with Crippen molar-refractivity contribution in [1.82, 2.24) is 4.90 Å². The zero-order valence-electron chi connectivity index (χ0n) is 9.34. The Balaban J connectivity index is 2.92. The maximum atomic E-state index is 13.4. The predicted molar refractivity (Wildman–Crippen MR) is 62.0 cm³/mol. The van der Waals surface area contributed by atoms with Gasteiger partial charge in [0.1, 0.15) is 11.6 Å². The van der Waals surface area contributed by atoms with Crippen molar-refractivity contribution in [2.45, 2.75) is 6.42 Å². The van der Waals surface area contributed by atoms with Gasteiger partial charge >= 0.3 is 0 Å². The van der Waals surface area contributed by atoms with Gasteiger partial charge in [-0.3, -0.25) is 4.79 Å². The van der Waals surface area contributed by atoms with Gasteiger partial charge < -0.3 is 10.6 Å². The third-order valence-electron chi connectivity index (χ3n) is 2.28. The summed E-state index contributed by atoms with van der Waals surface area (Å²) in [5.41, 5.74) is 4.97. The smallest absolute Gasteiger partial charge is 0.256 e. The van der Waals surface area contributed by atoms with E-state index in [-0.39, 0.29) is 10.6 Å². The van der Waals surface area contributed by atoms with Crippen LogP contribution < -0.4 is 5.73 Å². The SMILES string of the molecule is CN(CCCN)C(=O)c1cc(F)c(Cl)cc1F. The molecule has 0 heterocycles. The Morgan fingerprint density at radius 1 is 1.41 bits per heavy atom. The summed E-state index contributed by atoms with van der Waals surface area (Å²) in [7, 11) is 1.50. The maximum Gasteiger partial charge on any atom is 0.256 e. The molecule has 0 spiro atoms. The van der Waals surface area contributed by atoms with E-state index in [1.54, 1.807) is 0 Å². The second-order valence-corrected chi connectivity index (χ2v) is 4.02. The van der Waals surface area contributed by atoms with E-state index < -0.39 is 17.5 Å². The summed E-state index contributed by atoms with van der Waals surface area (Å²) in [5.74, 6) is -2.24. The molecule has 2 N–H and O–H groups in total. The number of nitrogens with zero attached hydrogens (tertiary/aromatic N) is 1. The van der Waals surface area contributed by atoms with Crippen molar-refractivity contribution < 1.29 is 13.6 Å². The van der Waals surface area contributed by atoms with Gasteiger partial charge in [-0.2, -0.15) is 0 Å². The zero-order chi connectivity index (χ0) is 13.0. The molecule has 0 aromatic heterocycles. The van der Waals surface area contributed by atoms with E-state index in [9.17, 15) is 13.6 Å². The van der Waals surface area contributed by atoms with Crippen LogP contribution in [0, 0.1) is 11.6 Å². The number of benzene rings is 1. The molecule has 6 heteroatoms. The first-order valence-electron chi connectivity index (χ1n) is 5.07. The van der Waals surface area contributed by atoms with Crippen molar-refractivity contribution in [2.75, 3.05) is 20.1 Å². The molecule has 1 amide bonds. The molecule has 0 saturated heterocycles. The second kappa shape index (κ2) is 5.93. The van der Waals surface area contributed by atoms with Crippen LogP contribution in [0.5, 0.6) is 0 Å². The van der Waals surface area contributed by atoms with E-state index in [0.29, 0.717) is 19.5 Å². The van der Waals surface area contributed by atoms with Gasteiger partial charge in [-0.1, -0.05) is 11.6 Å². The van der Waals surface area contributed by atoms with Crippen molar-refractivity contribution >= 4 is 17.5 Å². The summed E-state index contributed by atoms with van der Waals surface area (Å²) in [6.07, 6.45) is 0.597. The summed E-state index contributed by atoms with van der Waals surface area (Å²) in [6.45, 7) is 0.814.